The Morgan fingerprint density at radius 2 is 1.90 bits per heavy atom. The van der Waals surface area contributed by atoms with E-state index in [4.69, 9.17) is 12.3 Å². The molecule has 1 aliphatic heterocycles. The Morgan fingerprint density at radius 1 is 1.30 bits per heavy atom. The van der Waals surface area contributed by atoms with Crippen molar-refractivity contribution in [3.8, 4) is 0 Å². The first kappa shape index (κ1) is 8.37. The Hall–Kier alpha value is 0.271. The average molecular weight is 192 g/mol. The van der Waals surface area contributed by atoms with Crippen molar-refractivity contribution in [2.75, 3.05) is 0 Å². The van der Waals surface area contributed by atoms with Gasteiger partial charge < -0.3 is 12.3 Å². The van der Waals surface area contributed by atoms with E-state index < -0.39 is 29.3 Å². The molecule has 0 saturated carbocycles. The van der Waals surface area contributed by atoms with E-state index in [9.17, 15) is 0 Å². The van der Waals surface area contributed by atoms with Crippen LogP contribution in [-0.4, -0.2) is 29.3 Å². The zero-order valence-corrected chi connectivity index (χ0v) is 10.3. The first-order valence-corrected chi connectivity index (χ1v) is 7.17. The molecule has 1 aliphatic rings. The van der Waals surface area contributed by atoms with Gasteiger partial charge in [-0.15, -0.1) is 0 Å². The van der Waals surface area contributed by atoms with Crippen LogP contribution < -0.4 is 0 Å². The highest BCUT2D eigenvalue weighted by Crippen LogP contribution is 1.99. The molecule has 0 spiro atoms. The summed E-state index contributed by atoms with van der Waals surface area (Å²) in [7, 11) is -2.60. The maximum absolute atomic E-state index is 5.38. The SMILES string of the molecule is CC(C)=C[SiH]1O[SiH2]O[SiH2]O1. The molecule has 0 aromatic heterocycles. The van der Waals surface area contributed by atoms with Crippen LogP contribution in [0.2, 0.25) is 0 Å². The monoisotopic (exact) mass is 192 g/mol. The lowest BCUT2D eigenvalue weighted by Gasteiger charge is -2.19. The Kier molecular flexibility index (Phi) is 3.52. The third-order valence-electron chi connectivity index (χ3n) is 1.10. The molecule has 1 heterocycles. The largest absolute Gasteiger partial charge is 0.425 e. The first-order valence-electron chi connectivity index (χ1n) is 3.25. The van der Waals surface area contributed by atoms with Crippen LogP contribution in [0.3, 0.4) is 0 Å². The molecule has 0 amide bonds. The lowest BCUT2D eigenvalue weighted by molar-refractivity contribution is 0.332. The Labute approximate surface area is 67.3 Å². The molecule has 6 heteroatoms. The third-order valence-corrected chi connectivity index (χ3v) is 7.09. The highest BCUT2D eigenvalue weighted by atomic mass is 28.4. The molecule has 0 radical (unpaired) electrons. The molecule has 1 fully saturated rings. The maximum atomic E-state index is 5.38. The van der Waals surface area contributed by atoms with Gasteiger partial charge in [-0.25, -0.2) is 0 Å². The summed E-state index contributed by atoms with van der Waals surface area (Å²) in [6, 6.07) is 0. The van der Waals surface area contributed by atoms with Gasteiger partial charge in [0.25, 0.3) is 20.0 Å². The van der Waals surface area contributed by atoms with Gasteiger partial charge in [-0.1, -0.05) is 5.57 Å². The summed E-state index contributed by atoms with van der Waals surface area (Å²) in [5.41, 5.74) is 3.42. The second-order valence-electron chi connectivity index (χ2n) is 2.39. The second kappa shape index (κ2) is 4.21. The highest BCUT2D eigenvalue weighted by molar-refractivity contribution is 6.64. The minimum atomic E-state index is -1.35. The van der Waals surface area contributed by atoms with Gasteiger partial charge in [-0.3, -0.25) is 0 Å². The van der Waals surface area contributed by atoms with Crippen molar-refractivity contribution in [1.82, 2.24) is 0 Å². The molecule has 58 valence electrons. The molecule has 10 heavy (non-hydrogen) atoms. The van der Waals surface area contributed by atoms with Crippen molar-refractivity contribution < 1.29 is 12.3 Å². The molecule has 0 atom stereocenters. The highest BCUT2D eigenvalue weighted by Gasteiger charge is 2.14. The van der Waals surface area contributed by atoms with Crippen LogP contribution in [0.5, 0.6) is 0 Å². The third kappa shape index (κ3) is 2.90. The van der Waals surface area contributed by atoms with E-state index in [2.05, 4.69) is 19.5 Å². The van der Waals surface area contributed by atoms with Crippen molar-refractivity contribution >= 4 is 29.3 Å². The van der Waals surface area contributed by atoms with E-state index in [-0.39, 0.29) is 0 Å². The van der Waals surface area contributed by atoms with Gasteiger partial charge in [0.1, 0.15) is 0 Å². The van der Waals surface area contributed by atoms with Crippen LogP contribution in [0.15, 0.2) is 11.3 Å². The van der Waals surface area contributed by atoms with E-state index in [1.807, 2.05) is 0 Å². The molecule has 0 bridgehead atoms. The summed E-state index contributed by atoms with van der Waals surface area (Å²) in [5.74, 6) is 0. The summed E-state index contributed by atoms with van der Waals surface area (Å²) in [6.07, 6.45) is 0. The van der Waals surface area contributed by atoms with Crippen molar-refractivity contribution in [2.45, 2.75) is 13.8 Å². The molecule has 3 nitrogen and oxygen atoms in total. The van der Waals surface area contributed by atoms with E-state index in [1.165, 1.54) is 5.57 Å². The van der Waals surface area contributed by atoms with Crippen LogP contribution in [0.4, 0.5) is 0 Å². The molecular formula is C4H12O3Si3. The predicted molar refractivity (Wildman–Crippen MR) is 46.9 cm³/mol. The van der Waals surface area contributed by atoms with E-state index >= 15 is 0 Å². The molecule has 0 N–H and O–H groups in total. The zero-order chi connectivity index (χ0) is 7.40. The van der Waals surface area contributed by atoms with E-state index in [0.717, 1.165) is 0 Å². The van der Waals surface area contributed by atoms with Gasteiger partial charge >= 0.3 is 9.28 Å². The Bertz CT molecular complexity index is 128. The summed E-state index contributed by atoms with van der Waals surface area (Å²) < 4.78 is 15.9. The minimum absolute atomic E-state index is 0.628. The Balaban J connectivity index is 2.33. The zero-order valence-electron chi connectivity index (χ0n) is 6.29. The lowest BCUT2D eigenvalue weighted by atomic mass is 10.4. The summed E-state index contributed by atoms with van der Waals surface area (Å²) in [6.45, 7) is 4.14. The number of allylic oxidation sites excluding steroid dienone is 1. The molecule has 0 aromatic carbocycles. The first-order chi connectivity index (χ1) is 4.79. The topological polar surface area (TPSA) is 27.7 Å². The maximum Gasteiger partial charge on any atom is 0.329 e. The average Bonchev–Trinajstić information content (AvgIpc) is 1.88. The van der Waals surface area contributed by atoms with Crippen molar-refractivity contribution in [1.29, 1.82) is 0 Å². The number of hydrogen-bond donors (Lipinski definition) is 0. The fraction of sp³-hybridized carbons (Fsp3) is 0.500. The normalized spacial score (nSPS) is 30.8. The summed E-state index contributed by atoms with van der Waals surface area (Å²) in [4.78, 5) is 0. The van der Waals surface area contributed by atoms with Crippen LogP contribution in [0.25, 0.3) is 0 Å². The number of rotatable bonds is 1. The van der Waals surface area contributed by atoms with E-state index in [0.29, 0.717) is 0 Å². The quantitative estimate of drug-likeness (QED) is 0.487. The molecule has 1 saturated heterocycles. The number of hydrogen-bond acceptors (Lipinski definition) is 3. The van der Waals surface area contributed by atoms with Gasteiger partial charge in [-0.05, 0) is 19.5 Å². The Morgan fingerprint density at radius 3 is 2.40 bits per heavy atom. The van der Waals surface area contributed by atoms with Gasteiger partial charge in [0.2, 0.25) is 0 Å². The van der Waals surface area contributed by atoms with Crippen molar-refractivity contribution in [3.63, 3.8) is 0 Å². The predicted octanol–water partition coefficient (Wildman–Crippen LogP) is -1.23. The molecule has 0 unspecified atom stereocenters. The summed E-state index contributed by atoms with van der Waals surface area (Å²) in [5, 5.41) is 0. The summed E-state index contributed by atoms with van der Waals surface area (Å²) >= 11 is 0. The van der Waals surface area contributed by atoms with Crippen molar-refractivity contribution in [2.24, 2.45) is 0 Å². The molecule has 1 rings (SSSR count). The van der Waals surface area contributed by atoms with Crippen LogP contribution in [0, 0.1) is 0 Å². The van der Waals surface area contributed by atoms with Gasteiger partial charge in [0.15, 0.2) is 0 Å². The minimum Gasteiger partial charge on any atom is -0.425 e. The molecule has 0 aliphatic carbocycles. The second-order valence-corrected chi connectivity index (χ2v) is 8.23. The van der Waals surface area contributed by atoms with E-state index in [1.54, 1.807) is 0 Å². The fourth-order valence-corrected chi connectivity index (χ4v) is 7.09. The van der Waals surface area contributed by atoms with Crippen molar-refractivity contribution in [3.05, 3.63) is 11.3 Å². The van der Waals surface area contributed by atoms with Crippen LogP contribution in [0.1, 0.15) is 13.8 Å². The fourth-order valence-electron chi connectivity index (χ4n) is 0.681. The van der Waals surface area contributed by atoms with Gasteiger partial charge in [0.05, 0.1) is 0 Å². The van der Waals surface area contributed by atoms with Gasteiger partial charge in [0, 0.05) is 0 Å². The van der Waals surface area contributed by atoms with Gasteiger partial charge in [-0.2, -0.15) is 0 Å². The lowest BCUT2D eigenvalue weighted by Crippen LogP contribution is -2.33. The van der Waals surface area contributed by atoms with Crippen LogP contribution in [-0.2, 0) is 12.3 Å². The molecule has 0 aromatic rings. The molecular weight excluding hydrogens is 180 g/mol. The standard InChI is InChI=1S/C4H12O3Si3/c1-4(2)3-10-6-8-5-9-7-10/h3,10H,8-9H2,1-2H3. The smallest absolute Gasteiger partial charge is 0.329 e. The van der Waals surface area contributed by atoms with Crippen LogP contribution >= 0.6 is 0 Å².